The summed E-state index contributed by atoms with van der Waals surface area (Å²) in [7, 11) is 1.08. The molecule has 0 saturated carbocycles. The lowest BCUT2D eigenvalue weighted by atomic mass is 9.99. The minimum atomic E-state index is -1.85. The monoisotopic (exact) mass is 363 g/mol. The fourth-order valence-corrected chi connectivity index (χ4v) is 1.94. The zero-order chi connectivity index (χ0) is 19.4. The van der Waals surface area contributed by atoms with Crippen LogP contribution in [0.2, 0.25) is 0 Å². The van der Waals surface area contributed by atoms with Crippen molar-refractivity contribution in [3.8, 4) is 0 Å². The van der Waals surface area contributed by atoms with Gasteiger partial charge in [-0.2, -0.15) is 0 Å². The highest BCUT2D eigenvalue weighted by molar-refractivity contribution is 5.73. The average molecular weight is 363 g/mol. The molecule has 25 heavy (non-hydrogen) atoms. The van der Waals surface area contributed by atoms with Crippen molar-refractivity contribution in [1.29, 1.82) is 0 Å². The Kier molecular flexibility index (Phi) is 6.80. The van der Waals surface area contributed by atoms with E-state index in [-0.39, 0.29) is 6.07 Å². The third kappa shape index (κ3) is 6.26. The first-order chi connectivity index (χ1) is 11.4. The predicted molar refractivity (Wildman–Crippen MR) is 81.1 cm³/mol. The summed E-state index contributed by atoms with van der Waals surface area (Å²) in [6.45, 7) is 4.77. The van der Waals surface area contributed by atoms with Gasteiger partial charge in [-0.05, 0) is 26.8 Å². The Morgan fingerprint density at radius 1 is 1.16 bits per heavy atom. The second kappa shape index (κ2) is 8.19. The Bertz CT molecular complexity index is 645. The summed E-state index contributed by atoms with van der Waals surface area (Å²) in [6, 6.07) is -0.672. The van der Waals surface area contributed by atoms with Crippen LogP contribution in [0, 0.1) is 17.5 Å². The molecule has 1 unspecified atom stereocenters. The van der Waals surface area contributed by atoms with E-state index in [2.05, 4.69) is 10.1 Å². The lowest BCUT2D eigenvalue weighted by Crippen LogP contribution is -2.43. The molecule has 1 rings (SSSR count). The first-order valence-corrected chi connectivity index (χ1v) is 7.33. The second-order valence-corrected chi connectivity index (χ2v) is 6.27. The minimum Gasteiger partial charge on any atom is -0.469 e. The van der Waals surface area contributed by atoms with Crippen LogP contribution in [0.5, 0.6) is 0 Å². The number of benzene rings is 1. The van der Waals surface area contributed by atoms with Crippen LogP contribution in [0.25, 0.3) is 0 Å². The molecule has 0 heterocycles. The van der Waals surface area contributed by atoms with E-state index in [4.69, 9.17) is 4.74 Å². The quantitative estimate of drug-likeness (QED) is 0.620. The van der Waals surface area contributed by atoms with Gasteiger partial charge in [0.05, 0.1) is 19.6 Å². The number of alkyl carbamates (subject to hydrolysis) is 1. The molecule has 0 spiro atoms. The molecule has 1 aromatic carbocycles. The molecule has 6 nitrogen and oxygen atoms in total. The first kappa shape index (κ1) is 20.8. The third-order valence-corrected chi connectivity index (χ3v) is 3.06. The van der Waals surface area contributed by atoms with Gasteiger partial charge in [0.15, 0.2) is 11.6 Å². The fraction of sp³-hybridized carbons (Fsp3) is 0.500. The lowest BCUT2D eigenvalue weighted by molar-refractivity contribution is -0.141. The van der Waals surface area contributed by atoms with E-state index >= 15 is 0 Å². The number of aliphatic hydroxyl groups excluding tert-OH is 1. The van der Waals surface area contributed by atoms with Gasteiger partial charge < -0.3 is 19.9 Å². The van der Waals surface area contributed by atoms with Gasteiger partial charge in [-0.1, -0.05) is 0 Å². The number of esters is 1. The summed E-state index contributed by atoms with van der Waals surface area (Å²) >= 11 is 0. The van der Waals surface area contributed by atoms with Crippen LogP contribution in [-0.2, 0) is 14.3 Å². The maximum absolute atomic E-state index is 13.8. The number of amides is 1. The highest BCUT2D eigenvalue weighted by Crippen LogP contribution is 2.25. The largest absolute Gasteiger partial charge is 0.469 e. The molecule has 1 amide bonds. The van der Waals surface area contributed by atoms with Crippen LogP contribution in [-0.4, -0.2) is 35.9 Å². The van der Waals surface area contributed by atoms with Crippen LogP contribution in [0.3, 0.4) is 0 Å². The Morgan fingerprint density at radius 2 is 1.72 bits per heavy atom. The van der Waals surface area contributed by atoms with E-state index < -0.39 is 59.2 Å². The number of hydrogen-bond donors (Lipinski definition) is 2. The van der Waals surface area contributed by atoms with Crippen molar-refractivity contribution in [2.45, 2.75) is 44.9 Å². The molecule has 1 aromatic rings. The van der Waals surface area contributed by atoms with E-state index in [1.165, 1.54) is 0 Å². The summed E-state index contributed by atoms with van der Waals surface area (Å²) in [5.41, 5.74) is -1.48. The summed E-state index contributed by atoms with van der Waals surface area (Å²) in [4.78, 5) is 23.3. The van der Waals surface area contributed by atoms with E-state index in [0.29, 0.717) is 6.07 Å². The van der Waals surface area contributed by atoms with Crippen molar-refractivity contribution in [3.63, 3.8) is 0 Å². The van der Waals surface area contributed by atoms with Crippen molar-refractivity contribution >= 4 is 12.1 Å². The maximum atomic E-state index is 13.8. The van der Waals surface area contributed by atoms with Gasteiger partial charge in [0.25, 0.3) is 0 Å². The second-order valence-electron chi connectivity index (χ2n) is 6.27. The molecule has 0 radical (unpaired) electrons. The Morgan fingerprint density at radius 3 is 2.24 bits per heavy atom. The summed E-state index contributed by atoms with van der Waals surface area (Å²) < 4.78 is 49.7. The van der Waals surface area contributed by atoms with Crippen molar-refractivity contribution in [2.24, 2.45) is 0 Å². The van der Waals surface area contributed by atoms with Crippen molar-refractivity contribution in [1.82, 2.24) is 5.32 Å². The average Bonchev–Trinajstić information content (AvgIpc) is 2.47. The summed E-state index contributed by atoms with van der Waals surface area (Å²) in [5, 5.41) is 12.5. The number of rotatable bonds is 5. The van der Waals surface area contributed by atoms with Crippen molar-refractivity contribution in [3.05, 3.63) is 35.1 Å². The van der Waals surface area contributed by atoms with Crippen LogP contribution in [0.1, 0.15) is 38.9 Å². The van der Waals surface area contributed by atoms with E-state index in [9.17, 15) is 27.9 Å². The highest BCUT2D eigenvalue weighted by atomic mass is 19.2. The Labute approximate surface area is 142 Å². The molecule has 0 aliphatic carbocycles. The molecule has 0 fully saturated rings. The summed E-state index contributed by atoms with van der Waals surface area (Å²) in [6.07, 6.45) is -3.37. The molecular weight excluding hydrogens is 343 g/mol. The van der Waals surface area contributed by atoms with Crippen LogP contribution >= 0.6 is 0 Å². The Balaban J connectivity index is 3.08. The number of halogens is 3. The number of nitrogens with one attached hydrogen (secondary N) is 1. The molecular formula is C16H20F3NO5. The van der Waals surface area contributed by atoms with Gasteiger partial charge in [-0.15, -0.1) is 0 Å². The maximum Gasteiger partial charge on any atom is 0.407 e. The van der Waals surface area contributed by atoms with Crippen molar-refractivity contribution in [2.75, 3.05) is 7.11 Å². The minimum absolute atomic E-state index is 0.260. The number of carbonyl (C=O) groups is 2. The smallest absolute Gasteiger partial charge is 0.407 e. The number of methoxy groups -OCH3 is 1. The van der Waals surface area contributed by atoms with Gasteiger partial charge in [-0.3, -0.25) is 4.79 Å². The van der Waals surface area contributed by atoms with Gasteiger partial charge >= 0.3 is 12.1 Å². The molecule has 140 valence electrons. The number of carbonyl (C=O) groups excluding carboxylic acids is 2. The standard InChI is InChI=1S/C16H20F3NO5/c1-16(2,3)25-15(23)20-12(7-13(21)24-4)14(22)8-5-10(18)11(19)6-9(8)17/h5-6,12,14,22H,7H2,1-4H3,(H,20,23)/t12-,14?/m0/s1. The molecule has 0 saturated heterocycles. The van der Waals surface area contributed by atoms with E-state index in [1.807, 2.05) is 0 Å². The molecule has 0 aliphatic rings. The van der Waals surface area contributed by atoms with E-state index in [1.54, 1.807) is 20.8 Å². The van der Waals surface area contributed by atoms with Gasteiger partial charge in [0.1, 0.15) is 17.5 Å². The molecule has 0 aromatic heterocycles. The number of ether oxygens (including phenoxy) is 2. The molecule has 2 N–H and O–H groups in total. The Hall–Kier alpha value is -2.29. The van der Waals surface area contributed by atoms with Gasteiger partial charge in [-0.25, -0.2) is 18.0 Å². The lowest BCUT2D eigenvalue weighted by Gasteiger charge is -2.26. The van der Waals surface area contributed by atoms with Crippen LogP contribution in [0.15, 0.2) is 12.1 Å². The topological polar surface area (TPSA) is 84.9 Å². The normalized spacial score (nSPS) is 13.8. The zero-order valence-corrected chi connectivity index (χ0v) is 14.2. The van der Waals surface area contributed by atoms with Crippen molar-refractivity contribution < 1.29 is 37.3 Å². The molecule has 2 atom stereocenters. The van der Waals surface area contributed by atoms with Gasteiger partial charge in [0, 0.05) is 11.6 Å². The highest BCUT2D eigenvalue weighted by Gasteiger charge is 2.30. The molecule has 9 heteroatoms. The first-order valence-electron chi connectivity index (χ1n) is 7.33. The van der Waals surface area contributed by atoms with Crippen LogP contribution in [0.4, 0.5) is 18.0 Å². The number of hydrogen-bond acceptors (Lipinski definition) is 5. The predicted octanol–water partition coefficient (Wildman–Crippen LogP) is 2.59. The molecule has 0 aliphatic heterocycles. The summed E-state index contributed by atoms with van der Waals surface area (Å²) in [5.74, 6) is -4.86. The van der Waals surface area contributed by atoms with E-state index in [0.717, 1.165) is 7.11 Å². The number of aliphatic hydroxyl groups is 1. The fourth-order valence-electron chi connectivity index (χ4n) is 1.94. The molecule has 0 bridgehead atoms. The zero-order valence-electron chi connectivity index (χ0n) is 14.2. The van der Waals surface area contributed by atoms with Crippen LogP contribution < -0.4 is 5.32 Å². The third-order valence-electron chi connectivity index (χ3n) is 3.06. The van der Waals surface area contributed by atoms with Gasteiger partial charge in [0.2, 0.25) is 0 Å². The SMILES string of the molecule is COC(=O)C[C@H](NC(=O)OC(C)(C)C)C(O)c1cc(F)c(F)cc1F.